The molecule has 11 heteroatoms. The van der Waals surface area contributed by atoms with Gasteiger partial charge in [-0.25, -0.2) is 14.5 Å². The molecule has 0 saturated carbocycles. The van der Waals surface area contributed by atoms with E-state index in [1.807, 2.05) is 18.2 Å². The topological polar surface area (TPSA) is 125 Å². The van der Waals surface area contributed by atoms with Crippen LogP contribution < -0.4 is 10.1 Å². The van der Waals surface area contributed by atoms with Crippen LogP contribution in [0.4, 0.5) is 8.78 Å². The predicted octanol–water partition coefficient (Wildman–Crippen LogP) is 3.83. The molecule has 1 aliphatic carbocycles. The van der Waals surface area contributed by atoms with E-state index in [0.717, 1.165) is 16.6 Å². The third kappa shape index (κ3) is 3.68. The number of nitrogens with one attached hydrogen (secondary N) is 1. The van der Waals surface area contributed by atoms with Crippen LogP contribution in [0.1, 0.15) is 64.7 Å². The Labute approximate surface area is 209 Å². The molecular weight excluding hydrogens is 482 g/mol. The Morgan fingerprint density at radius 2 is 2.05 bits per heavy atom. The molecule has 9 nitrogen and oxygen atoms in total. The fourth-order valence-corrected chi connectivity index (χ4v) is 5.26. The lowest BCUT2D eigenvalue weighted by atomic mass is 9.88. The average Bonchev–Trinajstić information content (AvgIpc) is 3.36. The summed E-state index contributed by atoms with van der Waals surface area (Å²) >= 11 is 0. The third-order valence-electron chi connectivity index (χ3n) is 6.92. The van der Waals surface area contributed by atoms with Crippen LogP contribution >= 0.6 is 0 Å². The van der Waals surface area contributed by atoms with Crippen LogP contribution in [0.2, 0.25) is 0 Å². The summed E-state index contributed by atoms with van der Waals surface area (Å²) in [4.78, 5) is 21.4. The molecule has 6 rings (SSSR count). The van der Waals surface area contributed by atoms with E-state index in [0.29, 0.717) is 28.8 Å². The average molecular weight is 502 g/mol. The molecule has 0 unspecified atom stereocenters. The molecule has 2 aliphatic rings. The second-order valence-corrected chi connectivity index (χ2v) is 9.36. The summed E-state index contributed by atoms with van der Waals surface area (Å²) in [7, 11) is 0. The lowest BCUT2D eigenvalue weighted by molar-refractivity contribution is -0.0505. The number of pyridine rings is 1. The number of benzene rings is 1. The number of aromatic nitrogens is 4. The molecule has 0 radical (unpaired) electrons. The number of ether oxygens (including phenoxy) is 1. The first kappa shape index (κ1) is 23.0. The van der Waals surface area contributed by atoms with Crippen LogP contribution in [0, 0.1) is 11.3 Å². The number of amides is 1. The predicted molar refractivity (Wildman–Crippen MR) is 126 cm³/mol. The van der Waals surface area contributed by atoms with E-state index >= 15 is 0 Å². The SMILES string of the molecule is C[C@@](O)(CC#N)c1ncc(-c2ccn3nc4c(c3c2)[C@@H]2C[C@H]4NC(=O)c3cccc(OC(F)F)c32)cn1. The molecule has 37 heavy (non-hydrogen) atoms. The van der Waals surface area contributed by atoms with Gasteiger partial charge < -0.3 is 15.2 Å². The number of aliphatic hydroxyl groups is 1. The summed E-state index contributed by atoms with van der Waals surface area (Å²) in [5.41, 5.74) is 3.02. The van der Waals surface area contributed by atoms with Crippen LogP contribution in [0.3, 0.4) is 0 Å². The zero-order valence-corrected chi connectivity index (χ0v) is 19.5. The summed E-state index contributed by atoms with van der Waals surface area (Å²) in [5, 5.41) is 27.0. The molecule has 0 fully saturated rings. The number of alkyl halides is 2. The molecule has 4 aromatic rings. The molecule has 2 bridgehead atoms. The highest BCUT2D eigenvalue weighted by atomic mass is 19.3. The number of fused-ring (bicyclic) bond motifs is 9. The second-order valence-electron chi connectivity index (χ2n) is 9.36. The number of hydrogen-bond donors (Lipinski definition) is 2. The monoisotopic (exact) mass is 502 g/mol. The van der Waals surface area contributed by atoms with Gasteiger partial charge in [-0.05, 0) is 43.2 Å². The van der Waals surface area contributed by atoms with E-state index in [-0.39, 0.29) is 35.9 Å². The number of nitrogens with zero attached hydrogens (tertiary/aromatic N) is 5. The molecule has 0 spiro atoms. The van der Waals surface area contributed by atoms with Crippen molar-refractivity contribution >= 4 is 11.4 Å². The minimum atomic E-state index is -3.03. The number of carbonyl (C=O) groups excluding carboxylic acids is 1. The number of nitriles is 1. The lowest BCUT2D eigenvalue weighted by Gasteiger charge is -2.19. The fourth-order valence-electron chi connectivity index (χ4n) is 5.26. The Hall–Kier alpha value is -4.43. The van der Waals surface area contributed by atoms with Crippen molar-refractivity contribution in [2.45, 2.75) is 43.9 Å². The maximum Gasteiger partial charge on any atom is 0.387 e. The second kappa shape index (κ2) is 8.31. The number of halogens is 2. The van der Waals surface area contributed by atoms with Gasteiger partial charge in [0.1, 0.15) is 11.4 Å². The zero-order valence-electron chi connectivity index (χ0n) is 19.5. The summed E-state index contributed by atoms with van der Waals surface area (Å²) in [6, 6.07) is 9.90. The van der Waals surface area contributed by atoms with E-state index < -0.39 is 12.2 Å². The first-order valence-corrected chi connectivity index (χ1v) is 11.6. The van der Waals surface area contributed by atoms with E-state index in [2.05, 4.69) is 15.3 Å². The molecule has 0 saturated heterocycles. The van der Waals surface area contributed by atoms with Crippen molar-refractivity contribution < 1.29 is 23.4 Å². The number of rotatable bonds is 5. The molecule has 3 atom stereocenters. The Kier molecular flexibility index (Phi) is 5.17. The van der Waals surface area contributed by atoms with Crippen molar-refractivity contribution in [3.8, 4) is 22.9 Å². The van der Waals surface area contributed by atoms with Gasteiger partial charge in [0.2, 0.25) is 0 Å². The Bertz CT molecular complexity index is 1590. The molecule has 3 aromatic heterocycles. The normalized spacial score (nSPS) is 19.5. The highest BCUT2D eigenvalue weighted by Crippen LogP contribution is 2.51. The maximum atomic E-state index is 13.2. The van der Waals surface area contributed by atoms with E-state index in [1.54, 1.807) is 29.2 Å². The van der Waals surface area contributed by atoms with Crippen molar-refractivity contribution in [1.82, 2.24) is 24.9 Å². The molecule has 2 N–H and O–H groups in total. The summed E-state index contributed by atoms with van der Waals surface area (Å²) in [6.07, 6.45) is 5.26. The van der Waals surface area contributed by atoms with Gasteiger partial charge in [-0.3, -0.25) is 4.79 Å². The summed E-state index contributed by atoms with van der Waals surface area (Å²) < 4.78 is 33.0. The first-order valence-electron chi connectivity index (χ1n) is 11.6. The molecule has 186 valence electrons. The van der Waals surface area contributed by atoms with Gasteiger partial charge in [0, 0.05) is 46.8 Å². The van der Waals surface area contributed by atoms with Crippen molar-refractivity contribution in [2.75, 3.05) is 0 Å². The molecule has 4 heterocycles. The van der Waals surface area contributed by atoms with Gasteiger partial charge >= 0.3 is 6.61 Å². The van der Waals surface area contributed by atoms with Gasteiger partial charge in [-0.1, -0.05) is 6.07 Å². The molecule has 1 aliphatic heterocycles. The van der Waals surface area contributed by atoms with E-state index in [9.17, 15) is 18.7 Å². The van der Waals surface area contributed by atoms with Crippen molar-refractivity contribution in [3.05, 3.63) is 77.1 Å². The fraction of sp³-hybridized carbons (Fsp3) is 0.269. The molecule has 1 amide bonds. The van der Waals surface area contributed by atoms with Gasteiger partial charge in [-0.2, -0.15) is 19.1 Å². The third-order valence-corrected chi connectivity index (χ3v) is 6.92. The van der Waals surface area contributed by atoms with Gasteiger partial charge in [0.25, 0.3) is 5.91 Å². The minimum absolute atomic E-state index is 0.0231. The van der Waals surface area contributed by atoms with Crippen molar-refractivity contribution in [3.63, 3.8) is 0 Å². The summed E-state index contributed by atoms with van der Waals surface area (Å²) in [5.74, 6) is -0.607. The number of hydrogen-bond acceptors (Lipinski definition) is 7. The van der Waals surface area contributed by atoms with Crippen LogP contribution in [0.5, 0.6) is 5.75 Å². The summed E-state index contributed by atoms with van der Waals surface area (Å²) in [6.45, 7) is -1.54. The Morgan fingerprint density at radius 1 is 1.27 bits per heavy atom. The van der Waals surface area contributed by atoms with Crippen LogP contribution in [-0.4, -0.2) is 37.2 Å². The highest BCUT2D eigenvalue weighted by molar-refractivity contribution is 5.98. The van der Waals surface area contributed by atoms with Crippen molar-refractivity contribution in [2.24, 2.45) is 0 Å². The lowest BCUT2D eigenvalue weighted by Crippen LogP contribution is -2.27. The van der Waals surface area contributed by atoms with Crippen molar-refractivity contribution in [1.29, 1.82) is 5.26 Å². The van der Waals surface area contributed by atoms with Crippen LogP contribution in [0.15, 0.2) is 48.9 Å². The standard InChI is InChI=1S/C26H20F2N6O3/c1-26(36,6-7-29)24-30-11-14(12-31-24)13-5-8-34-18(9-13)21-16-10-17(22(21)33-34)32-23(35)15-3-2-4-19(20(15)16)37-25(27)28/h2-5,8-9,11-12,16-17,25,36H,6,10H2,1H3,(H,32,35)/t16-,17-,26-/m1/s1. The smallest absolute Gasteiger partial charge is 0.387 e. The Balaban J connectivity index is 1.46. The number of carbonyl (C=O) groups is 1. The Morgan fingerprint density at radius 3 is 2.78 bits per heavy atom. The molecule has 1 aromatic carbocycles. The minimum Gasteiger partial charge on any atom is -0.434 e. The largest absolute Gasteiger partial charge is 0.434 e. The quantitative estimate of drug-likeness (QED) is 0.425. The van der Waals surface area contributed by atoms with Gasteiger partial charge in [0.15, 0.2) is 5.82 Å². The van der Waals surface area contributed by atoms with E-state index in [1.165, 1.54) is 19.1 Å². The molecular formula is C26H20F2N6O3. The maximum absolute atomic E-state index is 13.2. The first-order chi connectivity index (χ1) is 17.8. The zero-order chi connectivity index (χ0) is 25.9. The van der Waals surface area contributed by atoms with Crippen LogP contribution in [0.25, 0.3) is 16.6 Å². The van der Waals surface area contributed by atoms with Gasteiger partial charge in [0.05, 0.1) is 29.7 Å². The van der Waals surface area contributed by atoms with Crippen LogP contribution in [-0.2, 0) is 5.60 Å². The van der Waals surface area contributed by atoms with Gasteiger partial charge in [-0.15, -0.1) is 0 Å². The highest BCUT2D eigenvalue weighted by Gasteiger charge is 2.43. The van der Waals surface area contributed by atoms with E-state index in [4.69, 9.17) is 15.1 Å².